The summed E-state index contributed by atoms with van der Waals surface area (Å²) in [4.78, 5) is 19.1. The Morgan fingerprint density at radius 3 is 2.75 bits per heavy atom. The van der Waals surface area contributed by atoms with Crippen molar-refractivity contribution in [2.75, 3.05) is 11.4 Å². The smallest absolute Gasteiger partial charge is 0.347 e. The fourth-order valence-corrected chi connectivity index (χ4v) is 5.00. The van der Waals surface area contributed by atoms with E-state index in [1.165, 1.54) is 43.4 Å². The monoisotopic (exact) mass is 292 g/mol. The summed E-state index contributed by atoms with van der Waals surface area (Å²) in [5, 5.41) is 10.4. The van der Waals surface area contributed by atoms with Crippen LogP contribution in [0, 0.1) is 5.92 Å². The lowest BCUT2D eigenvalue weighted by atomic mass is 9.92. The largest absolute Gasteiger partial charge is 0.477 e. The van der Waals surface area contributed by atoms with Crippen LogP contribution < -0.4 is 4.90 Å². The average molecular weight is 292 g/mol. The summed E-state index contributed by atoms with van der Waals surface area (Å²) in [6.07, 6.45) is 8.69. The molecule has 20 heavy (non-hydrogen) atoms. The Bertz CT molecular complexity index is 538. The third kappa shape index (κ3) is 2.03. The van der Waals surface area contributed by atoms with Crippen LogP contribution in [0.5, 0.6) is 0 Å². The first-order valence-corrected chi connectivity index (χ1v) is 8.56. The first-order valence-electron chi connectivity index (χ1n) is 7.74. The number of aromatic carboxylic acids is 1. The Labute approximate surface area is 122 Å². The number of nitrogens with zero attached hydrogens (tertiary/aromatic N) is 2. The van der Waals surface area contributed by atoms with Crippen LogP contribution >= 0.6 is 11.3 Å². The maximum Gasteiger partial charge on any atom is 0.347 e. The zero-order valence-corrected chi connectivity index (χ0v) is 12.4. The number of fused-ring (bicyclic) bond motifs is 1. The van der Waals surface area contributed by atoms with Crippen LogP contribution in [0.25, 0.3) is 0 Å². The van der Waals surface area contributed by atoms with E-state index in [9.17, 15) is 9.90 Å². The fourth-order valence-electron chi connectivity index (χ4n) is 3.92. The number of piperidine rings is 1. The molecule has 0 aromatic carbocycles. The van der Waals surface area contributed by atoms with Crippen molar-refractivity contribution in [1.82, 2.24) is 4.98 Å². The van der Waals surface area contributed by atoms with Crippen LogP contribution in [-0.4, -0.2) is 28.6 Å². The van der Waals surface area contributed by atoms with Gasteiger partial charge in [-0.1, -0.05) is 17.8 Å². The predicted octanol–water partition coefficient (Wildman–Crippen LogP) is 3.49. The zero-order chi connectivity index (χ0) is 13.7. The van der Waals surface area contributed by atoms with Crippen molar-refractivity contribution in [3.05, 3.63) is 10.6 Å². The number of aromatic nitrogens is 1. The fraction of sp³-hybridized carbons (Fsp3) is 0.733. The second kappa shape index (κ2) is 4.72. The Morgan fingerprint density at radius 1 is 1.20 bits per heavy atom. The molecular formula is C15H20N2O2S. The van der Waals surface area contributed by atoms with Crippen molar-refractivity contribution in [3.63, 3.8) is 0 Å². The SMILES string of the molecule is O=C(O)c1sc(N2CCCC3CCCC32)nc1C1CC1. The summed E-state index contributed by atoms with van der Waals surface area (Å²) in [5.41, 5.74) is 0.859. The summed E-state index contributed by atoms with van der Waals surface area (Å²) < 4.78 is 0. The molecule has 0 radical (unpaired) electrons. The van der Waals surface area contributed by atoms with Crippen molar-refractivity contribution < 1.29 is 9.90 Å². The maximum atomic E-state index is 11.4. The molecule has 2 aliphatic carbocycles. The minimum absolute atomic E-state index is 0.412. The van der Waals surface area contributed by atoms with E-state index >= 15 is 0 Å². The van der Waals surface area contributed by atoms with Crippen LogP contribution in [-0.2, 0) is 0 Å². The minimum atomic E-state index is -0.796. The highest BCUT2D eigenvalue weighted by atomic mass is 32.1. The third-order valence-electron chi connectivity index (χ3n) is 5.04. The van der Waals surface area contributed by atoms with E-state index in [1.54, 1.807) is 0 Å². The van der Waals surface area contributed by atoms with E-state index in [0.29, 0.717) is 16.8 Å². The van der Waals surface area contributed by atoms with E-state index in [0.717, 1.165) is 36.1 Å². The van der Waals surface area contributed by atoms with Gasteiger partial charge in [0.05, 0.1) is 5.69 Å². The van der Waals surface area contributed by atoms with Gasteiger partial charge in [-0.3, -0.25) is 0 Å². The van der Waals surface area contributed by atoms with Gasteiger partial charge in [-0.2, -0.15) is 0 Å². The molecule has 4 rings (SSSR count). The molecule has 4 nitrogen and oxygen atoms in total. The van der Waals surface area contributed by atoms with Crippen molar-refractivity contribution in [3.8, 4) is 0 Å². The molecule has 3 fully saturated rings. The number of thiazole rings is 1. The first-order chi connectivity index (χ1) is 9.74. The molecule has 2 atom stereocenters. The molecule has 1 aromatic rings. The van der Waals surface area contributed by atoms with E-state index in [-0.39, 0.29) is 0 Å². The zero-order valence-electron chi connectivity index (χ0n) is 11.5. The lowest BCUT2D eigenvalue weighted by Gasteiger charge is -2.37. The van der Waals surface area contributed by atoms with Crippen LogP contribution in [0.2, 0.25) is 0 Å². The third-order valence-corrected chi connectivity index (χ3v) is 6.14. The Kier molecular flexibility index (Phi) is 2.98. The van der Waals surface area contributed by atoms with E-state index in [2.05, 4.69) is 4.90 Å². The standard InChI is InChI=1S/C15H20N2O2S/c18-14(19)13-12(10-6-7-10)16-15(20-13)17-8-2-4-9-3-1-5-11(9)17/h9-11H,1-8H2,(H,18,19). The van der Waals surface area contributed by atoms with Crippen LogP contribution in [0.1, 0.15) is 66.2 Å². The van der Waals surface area contributed by atoms with E-state index in [4.69, 9.17) is 4.98 Å². The molecular weight excluding hydrogens is 272 g/mol. The Hall–Kier alpha value is -1.10. The highest BCUT2D eigenvalue weighted by Gasteiger charge is 2.38. The van der Waals surface area contributed by atoms with Crippen LogP contribution in [0.15, 0.2) is 0 Å². The van der Waals surface area contributed by atoms with Crippen molar-refractivity contribution in [1.29, 1.82) is 0 Å². The topological polar surface area (TPSA) is 53.4 Å². The Balaban J connectivity index is 1.67. The Morgan fingerprint density at radius 2 is 2.00 bits per heavy atom. The number of carboxylic acid groups (broad SMARTS) is 1. The molecule has 1 saturated heterocycles. The number of carbonyl (C=O) groups is 1. The van der Waals surface area contributed by atoms with Gasteiger partial charge < -0.3 is 10.0 Å². The summed E-state index contributed by atoms with van der Waals surface area (Å²) in [6, 6.07) is 0.614. The number of hydrogen-bond acceptors (Lipinski definition) is 4. The molecule has 3 aliphatic rings. The number of carboxylic acids is 1. The molecule has 0 bridgehead atoms. The highest BCUT2D eigenvalue weighted by Crippen LogP contribution is 2.46. The van der Waals surface area contributed by atoms with Gasteiger partial charge in [-0.25, -0.2) is 9.78 Å². The molecule has 5 heteroatoms. The summed E-state index contributed by atoms with van der Waals surface area (Å²) in [6.45, 7) is 1.05. The van der Waals surface area contributed by atoms with Gasteiger partial charge >= 0.3 is 5.97 Å². The van der Waals surface area contributed by atoms with Crippen LogP contribution in [0.4, 0.5) is 5.13 Å². The van der Waals surface area contributed by atoms with E-state index < -0.39 is 5.97 Å². The first kappa shape index (κ1) is 12.6. The molecule has 2 heterocycles. The van der Waals surface area contributed by atoms with Gasteiger partial charge in [-0.15, -0.1) is 0 Å². The number of rotatable bonds is 3. The average Bonchev–Trinajstić information content (AvgIpc) is 3.02. The molecule has 1 N–H and O–H groups in total. The summed E-state index contributed by atoms with van der Waals surface area (Å²) in [5.74, 6) is 0.427. The summed E-state index contributed by atoms with van der Waals surface area (Å²) >= 11 is 1.41. The van der Waals surface area contributed by atoms with Crippen LogP contribution in [0.3, 0.4) is 0 Å². The predicted molar refractivity (Wildman–Crippen MR) is 78.8 cm³/mol. The second-order valence-electron chi connectivity index (χ2n) is 6.38. The van der Waals surface area contributed by atoms with Gasteiger partial charge in [0.15, 0.2) is 5.13 Å². The molecule has 2 unspecified atom stereocenters. The quantitative estimate of drug-likeness (QED) is 0.926. The number of anilines is 1. The maximum absolute atomic E-state index is 11.4. The highest BCUT2D eigenvalue weighted by molar-refractivity contribution is 7.17. The van der Waals surface area contributed by atoms with Gasteiger partial charge in [0.25, 0.3) is 0 Å². The number of hydrogen-bond donors (Lipinski definition) is 1. The molecule has 108 valence electrons. The van der Waals surface area contributed by atoms with Crippen molar-refractivity contribution in [2.45, 2.75) is 56.9 Å². The molecule has 0 amide bonds. The van der Waals surface area contributed by atoms with Crippen molar-refractivity contribution >= 4 is 22.4 Å². The summed E-state index contributed by atoms with van der Waals surface area (Å²) in [7, 11) is 0. The molecule has 2 saturated carbocycles. The van der Waals surface area contributed by atoms with Gasteiger partial charge in [0.2, 0.25) is 0 Å². The minimum Gasteiger partial charge on any atom is -0.477 e. The molecule has 1 aromatic heterocycles. The van der Waals surface area contributed by atoms with Crippen molar-refractivity contribution in [2.24, 2.45) is 5.92 Å². The van der Waals surface area contributed by atoms with Gasteiger partial charge in [0, 0.05) is 18.5 Å². The molecule has 1 aliphatic heterocycles. The lowest BCUT2D eigenvalue weighted by molar-refractivity contribution is 0.0700. The van der Waals surface area contributed by atoms with Gasteiger partial charge in [-0.05, 0) is 44.4 Å². The molecule has 0 spiro atoms. The normalized spacial score (nSPS) is 29.5. The lowest BCUT2D eigenvalue weighted by Crippen LogP contribution is -2.42. The second-order valence-corrected chi connectivity index (χ2v) is 7.36. The van der Waals surface area contributed by atoms with E-state index in [1.807, 2.05) is 0 Å². The van der Waals surface area contributed by atoms with Gasteiger partial charge in [0.1, 0.15) is 4.88 Å².